The van der Waals surface area contributed by atoms with E-state index in [1.165, 1.54) is 11.3 Å². The highest BCUT2D eigenvalue weighted by atomic mass is 35.5. The van der Waals surface area contributed by atoms with Crippen LogP contribution in [0.2, 0.25) is 4.34 Å². The van der Waals surface area contributed by atoms with E-state index < -0.39 is 0 Å². The molecule has 0 saturated heterocycles. The Morgan fingerprint density at radius 2 is 2.05 bits per heavy atom. The predicted octanol–water partition coefficient (Wildman–Crippen LogP) is 3.92. The zero-order valence-electron chi connectivity index (χ0n) is 12.3. The number of anilines is 1. The van der Waals surface area contributed by atoms with Crippen molar-refractivity contribution in [1.29, 1.82) is 0 Å². The standard InChI is InChI=1S/C15H17ClN2O3S/c1-20-11-6-4-3-5-10(11)18-15(19)17-9-12(21-2)13-7-8-14(16)22-13/h3-8,12H,9H2,1-2H3,(H2,17,18,19)/t12-/m1/s1. The first-order valence-corrected chi connectivity index (χ1v) is 7.79. The second-order valence-corrected chi connectivity index (χ2v) is 6.15. The summed E-state index contributed by atoms with van der Waals surface area (Å²) in [7, 11) is 3.15. The molecule has 0 aliphatic carbocycles. The second kappa shape index (κ2) is 8.03. The number of carbonyl (C=O) groups is 1. The molecular formula is C15H17ClN2O3S. The highest BCUT2D eigenvalue weighted by molar-refractivity contribution is 7.16. The smallest absolute Gasteiger partial charge is 0.319 e. The van der Waals surface area contributed by atoms with Gasteiger partial charge in [0.25, 0.3) is 0 Å². The van der Waals surface area contributed by atoms with Crippen LogP contribution in [-0.2, 0) is 4.74 Å². The molecule has 0 aliphatic heterocycles. The lowest BCUT2D eigenvalue weighted by molar-refractivity contribution is 0.107. The van der Waals surface area contributed by atoms with Crippen molar-refractivity contribution in [3.63, 3.8) is 0 Å². The average molecular weight is 341 g/mol. The maximum atomic E-state index is 12.0. The number of urea groups is 1. The monoisotopic (exact) mass is 340 g/mol. The number of ether oxygens (including phenoxy) is 2. The summed E-state index contributed by atoms with van der Waals surface area (Å²) in [5, 5.41) is 5.52. The quantitative estimate of drug-likeness (QED) is 0.838. The molecular weight excluding hydrogens is 324 g/mol. The van der Waals surface area contributed by atoms with E-state index >= 15 is 0 Å². The molecule has 0 saturated carbocycles. The Morgan fingerprint density at radius 1 is 1.27 bits per heavy atom. The SMILES string of the molecule is COc1ccccc1NC(=O)NC[C@@H](OC)c1ccc(Cl)s1. The second-order valence-electron chi connectivity index (χ2n) is 4.40. The van der Waals surface area contributed by atoms with Crippen LogP contribution < -0.4 is 15.4 Å². The minimum absolute atomic E-state index is 0.235. The Bertz CT molecular complexity index is 633. The topological polar surface area (TPSA) is 59.6 Å². The molecule has 1 aromatic carbocycles. The van der Waals surface area contributed by atoms with E-state index in [0.29, 0.717) is 22.3 Å². The van der Waals surface area contributed by atoms with Crippen LogP contribution in [0.4, 0.5) is 10.5 Å². The summed E-state index contributed by atoms with van der Waals surface area (Å²) in [6, 6.07) is 10.6. The minimum Gasteiger partial charge on any atom is -0.495 e. The van der Waals surface area contributed by atoms with E-state index in [0.717, 1.165) is 4.88 Å². The van der Waals surface area contributed by atoms with Crippen LogP contribution in [0, 0.1) is 0 Å². The largest absolute Gasteiger partial charge is 0.495 e. The van der Waals surface area contributed by atoms with Gasteiger partial charge in [-0.3, -0.25) is 0 Å². The number of carbonyl (C=O) groups excluding carboxylic acids is 1. The van der Waals surface area contributed by atoms with Gasteiger partial charge in [-0.1, -0.05) is 23.7 Å². The summed E-state index contributed by atoms with van der Waals surface area (Å²) in [5.74, 6) is 0.603. The number of methoxy groups -OCH3 is 2. The van der Waals surface area contributed by atoms with Gasteiger partial charge in [0, 0.05) is 12.0 Å². The van der Waals surface area contributed by atoms with Crippen LogP contribution in [-0.4, -0.2) is 26.8 Å². The third-order valence-electron chi connectivity index (χ3n) is 3.00. The maximum absolute atomic E-state index is 12.0. The molecule has 1 aromatic heterocycles. The van der Waals surface area contributed by atoms with Crippen LogP contribution in [0.3, 0.4) is 0 Å². The van der Waals surface area contributed by atoms with Gasteiger partial charge in [-0.2, -0.15) is 0 Å². The first kappa shape index (κ1) is 16.6. The normalized spacial score (nSPS) is 11.8. The molecule has 1 heterocycles. The Morgan fingerprint density at radius 3 is 2.68 bits per heavy atom. The van der Waals surface area contributed by atoms with Gasteiger partial charge in [-0.25, -0.2) is 4.79 Å². The number of hydrogen-bond donors (Lipinski definition) is 2. The highest BCUT2D eigenvalue weighted by Crippen LogP contribution is 2.28. The molecule has 22 heavy (non-hydrogen) atoms. The lowest BCUT2D eigenvalue weighted by atomic mass is 10.3. The number of halogens is 1. The molecule has 0 radical (unpaired) electrons. The number of rotatable bonds is 6. The molecule has 0 fully saturated rings. The first-order valence-electron chi connectivity index (χ1n) is 6.60. The van der Waals surface area contributed by atoms with Gasteiger partial charge in [0.1, 0.15) is 11.9 Å². The number of amides is 2. The number of benzene rings is 1. The third kappa shape index (κ3) is 4.37. The molecule has 5 nitrogen and oxygen atoms in total. The predicted molar refractivity (Wildman–Crippen MR) is 89.1 cm³/mol. The summed E-state index contributed by atoms with van der Waals surface area (Å²) in [4.78, 5) is 12.9. The number of thiophene rings is 1. The van der Waals surface area contributed by atoms with Crippen LogP contribution in [0.25, 0.3) is 0 Å². The first-order chi connectivity index (χ1) is 10.6. The highest BCUT2D eigenvalue weighted by Gasteiger charge is 2.15. The molecule has 7 heteroatoms. The molecule has 0 unspecified atom stereocenters. The Balaban J connectivity index is 1.91. The van der Waals surface area contributed by atoms with Crippen LogP contribution in [0.1, 0.15) is 11.0 Å². The number of hydrogen-bond acceptors (Lipinski definition) is 4. The zero-order chi connectivity index (χ0) is 15.9. The number of para-hydroxylation sites is 2. The Hall–Kier alpha value is -1.76. The van der Waals surface area contributed by atoms with Crippen LogP contribution >= 0.6 is 22.9 Å². The fourth-order valence-electron chi connectivity index (χ4n) is 1.90. The summed E-state index contributed by atoms with van der Waals surface area (Å²) in [6.45, 7) is 0.342. The summed E-state index contributed by atoms with van der Waals surface area (Å²) in [5.41, 5.74) is 0.607. The fraction of sp³-hybridized carbons (Fsp3) is 0.267. The van der Waals surface area contributed by atoms with E-state index in [1.54, 1.807) is 26.4 Å². The van der Waals surface area contributed by atoms with Gasteiger partial charge in [0.2, 0.25) is 0 Å². The molecule has 0 bridgehead atoms. The van der Waals surface area contributed by atoms with E-state index in [4.69, 9.17) is 21.1 Å². The van der Waals surface area contributed by atoms with E-state index in [2.05, 4.69) is 10.6 Å². The Kier molecular flexibility index (Phi) is 6.06. The molecule has 2 amide bonds. The van der Waals surface area contributed by atoms with Crippen molar-refractivity contribution in [2.75, 3.05) is 26.1 Å². The molecule has 118 valence electrons. The zero-order valence-corrected chi connectivity index (χ0v) is 13.8. The average Bonchev–Trinajstić information content (AvgIpc) is 2.95. The summed E-state index contributed by atoms with van der Waals surface area (Å²) >= 11 is 7.35. The van der Waals surface area contributed by atoms with Gasteiger partial charge >= 0.3 is 6.03 Å². The molecule has 2 aromatic rings. The van der Waals surface area contributed by atoms with Gasteiger partial charge in [0.15, 0.2) is 0 Å². The third-order valence-corrected chi connectivity index (χ3v) is 4.32. The molecule has 0 aliphatic rings. The van der Waals surface area contributed by atoms with Gasteiger partial charge in [-0.05, 0) is 24.3 Å². The maximum Gasteiger partial charge on any atom is 0.319 e. The van der Waals surface area contributed by atoms with Crippen molar-refractivity contribution in [2.24, 2.45) is 0 Å². The van der Waals surface area contributed by atoms with Gasteiger partial charge < -0.3 is 20.1 Å². The van der Waals surface area contributed by atoms with Crippen molar-refractivity contribution < 1.29 is 14.3 Å². The molecule has 2 N–H and O–H groups in total. The van der Waals surface area contributed by atoms with E-state index in [-0.39, 0.29) is 12.1 Å². The van der Waals surface area contributed by atoms with Crippen LogP contribution in [0.5, 0.6) is 5.75 Å². The van der Waals surface area contributed by atoms with Crippen molar-refractivity contribution in [1.82, 2.24) is 5.32 Å². The lowest BCUT2D eigenvalue weighted by Gasteiger charge is -2.15. The molecule has 1 atom stereocenters. The van der Waals surface area contributed by atoms with Crippen molar-refractivity contribution in [2.45, 2.75) is 6.10 Å². The van der Waals surface area contributed by atoms with Crippen molar-refractivity contribution >= 4 is 34.7 Å². The number of nitrogens with one attached hydrogen (secondary N) is 2. The molecule has 2 rings (SSSR count). The molecule has 0 spiro atoms. The van der Waals surface area contributed by atoms with Gasteiger partial charge in [-0.15, -0.1) is 11.3 Å². The fourth-order valence-corrected chi connectivity index (χ4v) is 3.04. The van der Waals surface area contributed by atoms with E-state index in [1.807, 2.05) is 24.3 Å². The van der Waals surface area contributed by atoms with Crippen LogP contribution in [0.15, 0.2) is 36.4 Å². The van der Waals surface area contributed by atoms with Gasteiger partial charge in [0.05, 0.1) is 23.7 Å². The Labute approximate surface area is 138 Å². The summed E-state index contributed by atoms with van der Waals surface area (Å²) in [6.07, 6.45) is -0.235. The van der Waals surface area contributed by atoms with Crippen molar-refractivity contribution in [3.8, 4) is 5.75 Å². The van der Waals surface area contributed by atoms with Crippen molar-refractivity contribution in [3.05, 3.63) is 45.6 Å². The lowest BCUT2D eigenvalue weighted by Crippen LogP contribution is -2.32. The minimum atomic E-state index is -0.325. The summed E-state index contributed by atoms with van der Waals surface area (Å²) < 4.78 is 11.3. The van der Waals surface area contributed by atoms with E-state index in [9.17, 15) is 4.79 Å².